The second-order valence-electron chi connectivity index (χ2n) is 4.93. The lowest BCUT2D eigenvalue weighted by molar-refractivity contribution is 0.0101. The van der Waals surface area contributed by atoms with Crippen molar-refractivity contribution in [3.8, 4) is 0 Å². The Morgan fingerprint density at radius 1 is 1.19 bits per heavy atom. The monoisotopic (exact) mass is 229 g/mol. The molecule has 0 amide bonds. The summed E-state index contributed by atoms with van der Waals surface area (Å²) in [6.45, 7) is 6.34. The van der Waals surface area contributed by atoms with Crippen LogP contribution in [-0.2, 0) is 9.47 Å². The van der Waals surface area contributed by atoms with E-state index in [0.29, 0.717) is 25.4 Å². The molecule has 16 heavy (non-hydrogen) atoms. The van der Waals surface area contributed by atoms with Crippen LogP contribution >= 0.6 is 0 Å². The Morgan fingerprint density at radius 3 is 2.44 bits per heavy atom. The van der Waals surface area contributed by atoms with Gasteiger partial charge in [0.2, 0.25) is 0 Å². The Labute approximate surface area is 99.9 Å². The molecule has 0 bridgehead atoms. The van der Waals surface area contributed by atoms with Gasteiger partial charge in [-0.15, -0.1) is 0 Å². The van der Waals surface area contributed by atoms with Crippen LogP contribution in [0.3, 0.4) is 0 Å². The first kappa shape index (κ1) is 13.9. The molecule has 1 atom stereocenters. The first-order valence-corrected chi connectivity index (χ1v) is 6.60. The molecule has 0 spiro atoms. The van der Waals surface area contributed by atoms with Gasteiger partial charge in [-0.1, -0.05) is 12.8 Å². The van der Waals surface area contributed by atoms with Crippen LogP contribution in [-0.4, -0.2) is 39.0 Å². The Morgan fingerprint density at radius 2 is 1.88 bits per heavy atom. The topological polar surface area (TPSA) is 30.5 Å². The quantitative estimate of drug-likeness (QED) is 0.647. The average Bonchev–Trinajstić information content (AvgIpc) is 2.76. The molecule has 96 valence electrons. The molecule has 0 aromatic carbocycles. The molecule has 3 heteroatoms. The van der Waals surface area contributed by atoms with Crippen molar-refractivity contribution < 1.29 is 9.47 Å². The van der Waals surface area contributed by atoms with E-state index in [1.807, 2.05) is 7.05 Å². The van der Waals surface area contributed by atoms with Gasteiger partial charge in [0.05, 0.1) is 25.9 Å². The highest BCUT2D eigenvalue weighted by Gasteiger charge is 2.23. The number of rotatable bonds is 8. The zero-order chi connectivity index (χ0) is 11.8. The lowest BCUT2D eigenvalue weighted by Gasteiger charge is -2.22. The van der Waals surface area contributed by atoms with Crippen molar-refractivity contribution in [2.24, 2.45) is 5.92 Å². The van der Waals surface area contributed by atoms with Crippen LogP contribution in [0.25, 0.3) is 0 Å². The molecule has 0 heterocycles. The van der Waals surface area contributed by atoms with Crippen molar-refractivity contribution in [2.45, 2.75) is 51.7 Å². The van der Waals surface area contributed by atoms with E-state index in [4.69, 9.17) is 9.47 Å². The van der Waals surface area contributed by atoms with Crippen molar-refractivity contribution in [1.82, 2.24) is 5.32 Å². The second kappa shape index (κ2) is 8.04. The van der Waals surface area contributed by atoms with Gasteiger partial charge in [-0.2, -0.15) is 0 Å². The fourth-order valence-corrected chi connectivity index (χ4v) is 2.37. The fourth-order valence-electron chi connectivity index (χ4n) is 2.37. The molecule has 0 aromatic heterocycles. The van der Waals surface area contributed by atoms with Gasteiger partial charge in [-0.3, -0.25) is 0 Å². The van der Waals surface area contributed by atoms with Crippen molar-refractivity contribution in [3.63, 3.8) is 0 Å². The molecule has 1 unspecified atom stereocenters. The molecule has 0 aromatic rings. The summed E-state index contributed by atoms with van der Waals surface area (Å²) in [7, 11) is 2.04. The highest BCUT2D eigenvalue weighted by molar-refractivity contribution is 4.79. The summed E-state index contributed by atoms with van der Waals surface area (Å²) < 4.78 is 11.1. The van der Waals surface area contributed by atoms with E-state index in [1.165, 1.54) is 25.7 Å². The van der Waals surface area contributed by atoms with E-state index in [-0.39, 0.29) is 0 Å². The summed E-state index contributed by atoms with van der Waals surface area (Å²) in [5.74, 6) is 0.816. The maximum atomic E-state index is 5.66. The third-order valence-electron chi connectivity index (χ3n) is 3.32. The molecule has 1 rings (SSSR count). The zero-order valence-electron chi connectivity index (χ0n) is 11.0. The number of nitrogens with one attached hydrogen (secondary N) is 1. The summed E-state index contributed by atoms with van der Waals surface area (Å²) >= 11 is 0. The number of hydrogen-bond acceptors (Lipinski definition) is 3. The Hall–Kier alpha value is -0.120. The van der Waals surface area contributed by atoms with Gasteiger partial charge in [0, 0.05) is 6.04 Å². The van der Waals surface area contributed by atoms with Crippen LogP contribution in [0.2, 0.25) is 0 Å². The minimum Gasteiger partial charge on any atom is -0.377 e. The standard InChI is InChI=1S/C13H27NO2/c1-11(2)16-9-8-15-10-13(14-3)12-6-4-5-7-12/h11-14H,4-10H2,1-3H3. The first-order chi connectivity index (χ1) is 7.74. The maximum Gasteiger partial charge on any atom is 0.0703 e. The van der Waals surface area contributed by atoms with E-state index in [9.17, 15) is 0 Å². The zero-order valence-corrected chi connectivity index (χ0v) is 11.0. The summed E-state index contributed by atoms with van der Waals surface area (Å²) in [6.07, 6.45) is 5.80. The molecule has 1 aliphatic rings. The normalized spacial score (nSPS) is 19.5. The molecule has 1 aliphatic carbocycles. The van der Waals surface area contributed by atoms with Crippen molar-refractivity contribution in [1.29, 1.82) is 0 Å². The van der Waals surface area contributed by atoms with Crippen molar-refractivity contribution in [2.75, 3.05) is 26.9 Å². The molecule has 3 nitrogen and oxygen atoms in total. The fraction of sp³-hybridized carbons (Fsp3) is 1.00. The van der Waals surface area contributed by atoms with Crippen LogP contribution in [0.1, 0.15) is 39.5 Å². The van der Waals surface area contributed by atoms with Gasteiger partial charge in [0.1, 0.15) is 0 Å². The van der Waals surface area contributed by atoms with Crippen molar-refractivity contribution in [3.05, 3.63) is 0 Å². The van der Waals surface area contributed by atoms with Crippen LogP contribution < -0.4 is 5.32 Å². The predicted molar refractivity (Wildman–Crippen MR) is 66.7 cm³/mol. The van der Waals surface area contributed by atoms with Crippen molar-refractivity contribution >= 4 is 0 Å². The number of likely N-dealkylation sites (N-methyl/N-ethyl adjacent to an activating group) is 1. The van der Waals surface area contributed by atoms with Gasteiger partial charge in [-0.25, -0.2) is 0 Å². The largest absolute Gasteiger partial charge is 0.377 e. The van der Waals surface area contributed by atoms with Crippen LogP contribution in [0.15, 0.2) is 0 Å². The highest BCUT2D eigenvalue weighted by Crippen LogP contribution is 2.27. The Kier molecular flexibility index (Phi) is 7.01. The first-order valence-electron chi connectivity index (χ1n) is 6.60. The molecular formula is C13H27NO2. The number of ether oxygens (including phenoxy) is 2. The molecular weight excluding hydrogens is 202 g/mol. The van der Waals surface area contributed by atoms with E-state index < -0.39 is 0 Å². The second-order valence-corrected chi connectivity index (χ2v) is 4.93. The van der Waals surface area contributed by atoms with E-state index in [2.05, 4.69) is 19.2 Å². The smallest absolute Gasteiger partial charge is 0.0703 e. The molecule has 1 saturated carbocycles. The van der Waals surface area contributed by atoms with E-state index in [0.717, 1.165) is 12.5 Å². The lowest BCUT2D eigenvalue weighted by atomic mass is 9.99. The third-order valence-corrected chi connectivity index (χ3v) is 3.32. The minimum atomic E-state index is 0.304. The molecule has 0 radical (unpaired) electrons. The van der Waals surface area contributed by atoms with Gasteiger partial charge in [0.25, 0.3) is 0 Å². The SMILES string of the molecule is CNC(COCCOC(C)C)C1CCCC1. The van der Waals surface area contributed by atoms with E-state index >= 15 is 0 Å². The lowest BCUT2D eigenvalue weighted by Crippen LogP contribution is -2.37. The highest BCUT2D eigenvalue weighted by atomic mass is 16.5. The summed E-state index contributed by atoms with van der Waals surface area (Å²) in [5.41, 5.74) is 0. The van der Waals surface area contributed by atoms with Crippen LogP contribution in [0.4, 0.5) is 0 Å². The molecule has 1 fully saturated rings. The third kappa shape index (κ3) is 5.28. The Balaban J connectivity index is 2.04. The van der Waals surface area contributed by atoms with Gasteiger partial charge in [0.15, 0.2) is 0 Å². The van der Waals surface area contributed by atoms with Crippen LogP contribution in [0, 0.1) is 5.92 Å². The molecule has 0 aliphatic heterocycles. The predicted octanol–water partition coefficient (Wildman–Crippen LogP) is 2.21. The minimum absolute atomic E-state index is 0.304. The van der Waals surface area contributed by atoms with Gasteiger partial charge >= 0.3 is 0 Å². The molecule has 0 saturated heterocycles. The average molecular weight is 229 g/mol. The van der Waals surface area contributed by atoms with Crippen LogP contribution in [0.5, 0.6) is 0 Å². The summed E-state index contributed by atoms with van der Waals surface area (Å²) in [4.78, 5) is 0. The summed E-state index contributed by atoms with van der Waals surface area (Å²) in [5, 5.41) is 3.38. The summed E-state index contributed by atoms with van der Waals surface area (Å²) in [6, 6.07) is 0.529. The van der Waals surface area contributed by atoms with Gasteiger partial charge < -0.3 is 14.8 Å². The maximum absolute atomic E-state index is 5.66. The molecule has 1 N–H and O–H groups in total. The number of hydrogen-bond donors (Lipinski definition) is 1. The Bertz CT molecular complexity index is 167. The van der Waals surface area contributed by atoms with Gasteiger partial charge in [-0.05, 0) is 39.7 Å². The van der Waals surface area contributed by atoms with E-state index in [1.54, 1.807) is 0 Å².